The third-order valence-corrected chi connectivity index (χ3v) is 6.88. The van der Waals surface area contributed by atoms with Crippen LogP contribution in [0.3, 0.4) is 0 Å². The van der Waals surface area contributed by atoms with Crippen LogP contribution in [0.25, 0.3) is 0 Å². The molecule has 4 rings (SSSR count). The Labute approximate surface area is 198 Å². The topological polar surface area (TPSA) is 108 Å². The van der Waals surface area contributed by atoms with Gasteiger partial charge in [0.25, 0.3) is 5.69 Å². The summed E-state index contributed by atoms with van der Waals surface area (Å²) in [5.41, 5.74) is 1.76. The molecule has 3 aromatic carbocycles. The van der Waals surface area contributed by atoms with Gasteiger partial charge in [-0.05, 0) is 23.3 Å². The molecule has 3 atom stereocenters. The summed E-state index contributed by atoms with van der Waals surface area (Å²) >= 11 is 0. The zero-order valence-corrected chi connectivity index (χ0v) is 19.0. The first-order valence-corrected chi connectivity index (χ1v) is 12.2. The molecule has 1 aliphatic rings. The highest BCUT2D eigenvalue weighted by atomic mass is 32.2. The minimum absolute atomic E-state index is 0.0676. The second-order valence-electron chi connectivity index (χ2n) is 7.81. The fourth-order valence-corrected chi connectivity index (χ4v) is 4.84. The van der Waals surface area contributed by atoms with E-state index in [1.54, 1.807) is 12.2 Å². The van der Waals surface area contributed by atoms with E-state index < -0.39 is 33.2 Å². The lowest BCUT2D eigenvalue weighted by molar-refractivity contribution is -0.384. The van der Waals surface area contributed by atoms with E-state index in [0.717, 1.165) is 23.3 Å². The summed E-state index contributed by atoms with van der Waals surface area (Å²) in [5.74, 6) is 0. The molecule has 0 heterocycles. The largest absolute Gasteiger partial charge is 0.368 e. The number of benzene rings is 3. The standard InChI is InChI=1S/C25H24N2O6S/c28-27(29)21-11-13-22(14-12-21)34(30,31)26-23-15-16-24(32-17-19-7-3-1-4-8-19)25(23)33-18-20-9-5-2-6-10-20/h1-16,23-26H,17-18H2/t23-,24-,25+/m1/s1. The number of sulfonamides is 1. The number of non-ortho nitro benzene ring substituents is 1. The quantitative estimate of drug-likeness (QED) is 0.267. The van der Waals surface area contributed by atoms with Crippen LogP contribution in [0.5, 0.6) is 0 Å². The Hall–Kier alpha value is -3.37. The molecule has 0 saturated carbocycles. The zero-order valence-electron chi connectivity index (χ0n) is 18.2. The smallest absolute Gasteiger partial charge is 0.269 e. The van der Waals surface area contributed by atoms with Gasteiger partial charge in [0.1, 0.15) is 12.2 Å². The van der Waals surface area contributed by atoms with Crippen LogP contribution in [0.15, 0.2) is 102 Å². The second-order valence-corrected chi connectivity index (χ2v) is 9.52. The van der Waals surface area contributed by atoms with E-state index in [1.165, 1.54) is 12.1 Å². The van der Waals surface area contributed by atoms with Crippen LogP contribution >= 0.6 is 0 Å². The van der Waals surface area contributed by atoms with E-state index in [4.69, 9.17) is 9.47 Å². The third kappa shape index (κ3) is 5.95. The lowest BCUT2D eigenvalue weighted by Gasteiger charge is -2.26. The first-order chi connectivity index (χ1) is 16.4. The summed E-state index contributed by atoms with van der Waals surface area (Å²) in [4.78, 5) is 10.2. The number of nitro benzene ring substituents is 1. The summed E-state index contributed by atoms with van der Waals surface area (Å²) in [6.07, 6.45) is 2.45. The maximum absolute atomic E-state index is 13.0. The number of nitrogens with zero attached hydrogens (tertiary/aromatic N) is 1. The van der Waals surface area contributed by atoms with Gasteiger partial charge in [0.15, 0.2) is 0 Å². The summed E-state index contributed by atoms with van der Waals surface area (Å²) < 4.78 is 40.8. The van der Waals surface area contributed by atoms with Crippen molar-refractivity contribution in [2.75, 3.05) is 0 Å². The summed E-state index contributed by atoms with van der Waals surface area (Å²) in [6, 6.07) is 23.3. The second kappa shape index (κ2) is 10.7. The Morgan fingerprint density at radius 2 is 1.35 bits per heavy atom. The van der Waals surface area contributed by atoms with Gasteiger partial charge in [-0.25, -0.2) is 13.1 Å². The van der Waals surface area contributed by atoms with Crippen molar-refractivity contribution in [3.8, 4) is 0 Å². The zero-order chi connectivity index (χ0) is 24.0. The van der Waals surface area contributed by atoms with Crippen molar-refractivity contribution < 1.29 is 22.8 Å². The summed E-state index contributed by atoms with van der Waals surface area (Å²) in [7, 11) is -3.95. The predicted molar refractivity (Wildman–Crippen MR) is 126 cm³/mol. The molecule has 0 aromatic heterocycles. The lowest BCUT2D eigenvalue weighted by Crippen LogP contribution is -2.45. The molecule has 0 bridgehead atoms. The monoisotopic (exact) mass is 480 g/mol. The fraction of sp³-hybridized carbons (Fsp3) is 0.200. The van der Waals surface area contributed by atoms with Gasteiger partial charge in [0.05, 0.1) is 29.1 Å². The minimum Gasteiger partial charge on any atom is -0.368 e. The van der Waals surface area contributed by atoms with E-state index in [-0.39, 0.29) is 17.2 Å². The highest BCUT2D eigenvalue weighted by molar-refractivity contribution is 7.89. The van der Waals surface area contributed by atoms with Crippen LogP contribution in [0.2, 0.25) is 0 Å². The Morgan fingerprint density at radius 1 is 0.794 bits per heavy atom. The normalized spacial score (nSPS) is 19.8. The van der Waals surface area contributed by atoms with Crippen LogP contribution in [-0.4, -0.2) is 31.6 Å². The lowest BCUT2D eigenvalue weighted by atomic mass is 10.1. The van der Waals surface area contributed by atoms with Gasteiger partial charge in [-0.3, -0.25) is 10.1 Å². The molecule has 0 radical (unpaired) electrons. The minimum atomic E-state index is -3.95. The van der Waals surface area contributed by atoms with Gasteiger partial charge in [0, 0.05) is 12.1 Å². The molecule has 176 valence electrons. The molecule has 3 aromatic rings. The molecule has 0 unspecified atom stereocenters. The SMILES string of the molecule is O=[N+]([O-])c1ccc(S(=O)(=O)N[C@@H]2C=C[C@@H](OCc3ccccc3)[C@H]2OCc2ccccc2)cc1. The molecular formula is C25H24N2O6S. The van der Waals surface area contributed by atoms with E-state index >= 15 is 0 Å². The average Bonchev–Trinajstić information content (AvgIpc) is 3.23. The van der Waals surface area contributed by atoms with Crippen molar-refractivity contribution in [1.29, 1.82) is 0 Å². The van der Waals surface area contributed by atoms with Crippen molar-refractivity contribution in [3.63, 3.8) is 0 Å². The molecule has 34 heavy (non-hydrogen) atoms. The highest BCUT2D eigenvalue weighted by Gasteiger charge is 2.36. The fourth-order valence-electron chi connectivity index (χ4n) is 3.64. The molecule has 1 N–H and O–H groups in total. The number of hydrogen-bond donors (Lipinski definition) is 1. The van der Waals surface area contributed by atoms with Crippen LogP contribution < -0.4 is 4.72 Å². The van der Waals surface area contributed by atoms with E-state index in [0.29, 0.717) is 6.61 Å². The molecule has 0 fully saturated rings. The summed E-state index contributed by atoms with van der Waals surface area (Å²) in [5, 5.41) is 10.9. The molecular weight excluding hydrogens is 456 g/mol. The van der Waals surface area contributed by atoms with Crippen molar-refractivity contribution in [1.82, 2.24) is 4.72 Å². The maximum Gasteiger partial charge on any atom is 0.269 e. The number of rotatable bonds is 10. The van der Waals surface area contributed by atoms with Crippen LogP contribution in [0.1, 0.15) is 11.1 Å². The van der Waals surface area contributed by atoms with Crippen molar-refractivity contribution in [2.24, 2.45) is 0 Å². The van der Waals surface area contributed by atoms with Gasteiger partial charge in [-0.2, -0.15) is 0 Å². The van der Waals surface area contributed by atoms with Gasteiger partial charge in [-0.1, -0.05) is 72.8 Å². The highest BCUT2D eigenvalue weighted by Crippen LogP contribution is 2.24. The first-order valence-electron chi connectivity index (χ1n) is 10.7. The van der Waals surface area contributed by atoms with Crippen LogP contribution in [-0.2, 0) is 32.7 Å². The average molecular weight is 481 g/mol. The van der Waals surface area contributed by atoms with E-state index in [2.05, 4.69) is 4.72 Å². The molecule has 0 aliphatic heterocycles. The number of nitro groups is 1. The van der Waals surface area contributed by atoms with Gasteiger partial charge >= 0.3 is 0 Å². The Kier molecular flexibility index (Phi) is 7.49. The molecule has 9 heteroatoms. The number of hydrogen-bond acceptors (Lipinski definition) is 6. The first kappa shape index (κ1) is 23.8. The van der Waals surface area contributed by atoms with Crippen LogP contribution in [0.4, 0.5) is 5.69 Å². The Bertz CT molecular complexity index is 1230. The van der Waals surface area contributed by atoms with Crippen molar-refractivity contribution >= 4 is 15.7 Å². The van der Waals surface area contributed by atoms with E-state index in [1.807, 2.05) is 60.7 Å². The van der Waals surface area contributed by atoms with Gasteiger partial charge < -0.3 is 9.47 Å². The van der Waals surface area contributed by atoms with Crippen molar-refractivity contribution in [3.05, 3.63) is 118 Å². The van der Waals surface area contributed by atoms with Crippen molar-refractivity contribution in [2.45, 2.75) is 36.4 Å². The molecule has 0 amide bonds. The number of ether oxygens (including phenoxy) is 2. The summed E-state index contributed by atoms with van der Waals surface area (Å²) in [6.45, 7) is 0.636. The third-order valence-electron chi connectivity index (χ3n) is 5.41. The Balaban J connectivity index is 1.49. The molecule has 0 spiro atoms. The molecule has 1 aliphatic carbocycles. The van der Waals surface area contributed by atoms with Crippen LogP contribution in [0, 0.1) is 10.1 Å². The number of nitrogens with one attached hydrogen (secondary N) is 1. The maximum atomic E-state index is 13.0. The van der Waals surface area contributed by atoms with Gasteiger partial charge in [-0.15, -0.1) is 0 Å². The van der Waals surface area contributed by atoms with Gasteiger partial charge in [0.2, 0.25) is 10.0 Å². The van der Waals surface area contributed by atoms with E-state index in [9.17, 15) is 18.5 Å². The molecule has 8 nitrogen and oxygen atoms in total. The predicted octanol–water partition coefficient (Wildman–Crippen LogP) is 3.98. The Morgan fingerprint density at radius 3 is 1.91 bits per heavy atom. The molecule has 0 saturated heterocycles.